The Kier molecular flexibility index (Phi) is 4.20. The molecule has 0 saturated heterocycles. The van der Waals surface area contributed by atoms with E-state index in [1.165, 1.54) is 12.1 Å². The summed E-state index contributed by atoms with van der Waals surface area (Å²) in [5, 5.41) is 3.34. The van der Waals surface area contributed by atoms with Crippen LogP contribution in [-0.4, -0.2) is 6.04 Å². The third-order valence-electron chi connectivity index (χ3n) is 1.52. The highest BCUT2D eigenvalue weighted by atomic mass is 14.9. The van der Waals surface area contributed by atoms with Crippen molar-refractivity contribution in [2.24, 2.45) is 0 Å². The summed E-state index contributed by atoms with van der Waals surface area (Å²) < 4.78 is 0. The van der Waals surface area contributed by atoms with E-state index in [4.69, 9.17) is 0 Å². The standard InChI is InChI=1S/C8H17N/c1-5-7(3)9-8(4)6-2/h5,8-9H,6H2,1-4H3/b7-5+. The van der Waals surface area contributed by atoms with Gasteiger partial charge in [0.25, 0.3) is 0 Å². The average molecular weight is 127 g/mol. The Labute approximate surface area is 58.2 Å². The molecule has 9 heavy (non-hydrogen) atoms. The normalized spacial score (nSPS) is 15.3. The molecule has 0 amide bonds. The lowest BCUT2D eigenvalue weighted by molar-refractivity contribution is 0.595. The molecule has 1 heteroatoms. The first kappa shape index (κ1) is 8.54. The van der Waals surface area contributed by atoms with Crippen molar-refractivity contribution >= 4 is 0 Å². The molecule has 1 N–H and O–H groups in total. The molecule has 0 bridgehead atoms. The molecule has 54 valence electrons. The summed E-state index contributed by atoms with van der Waals surface area (Å²) in [6.45, 7) is 8.50. The summed E-state index contributed by atoms with van der Waals surface area (Å²) in [6, 6.07) is 0.612. The van der Waals surface area contributed by atoms with Crippen molar-refractivity contribution < 1.29 is 0 Å². The second-order valence-corrected chi connectivity index (χ2v) is 2.43. The molecular formula is C8H17N. The first-order valence-corrected chi connectivity index (χ1v) is 3.60. The molecule has 0 aromatic rings. The van der Waals surface area contributed by atoms with Crippen LogP contribution in [0.5, 0.6) is 0 Å². The average Bonchev–Trinajstić information content (AvgIpc) is 1.87. The van der Waals surface area contributed by atoms with Crippen LogP contribution in [0.25, 0.3) is 0 Å². The van der Waals surface area contributed by atoms with Crippen molar-refractivity contribution in [3.05, 3.63) is 11.8 Å². The van der Waals surface area contributed by atoms with Crippen LogP contribution in [0, 0.1) is 0 Å². The fourth-order valence-electron chi connectivity index (χ4n) is 0.574. The Bertz CT molecular complexity index is 94.7. The largest absolute Gasteiger partial charge is 0.386 e. The number of nitrogens with one attached hydrogen (secondary N) is 1. The predicted octanol–water partition coefficient (Wildman–Crippen LogP) is 2.30. The maximum atomic E-state index is 3.34. The molecule has 0 radical (unpaired) electrons. The summed E-state index contributed by atoms with van der Waals surface area (Å²) in [7, 11) is 0. The van der Waals surface area contributed by atoms with Gasteiger partial charge in [-0.3, -0.25) is 0 Å². The Hall–Kier alpha value is -0.460. The minimum atomic E-state index is 0.612. The van der Waals surface area contributed by atoms with Gasteiger partial charge in [0.05, 0.1) is 0 Å². The minimum absolute atomic E-state index is 0.612. The molecule has 0 aromatic heterocycles. The summed E-state index contributed by atoms with van der Waals surface area (Å²) in [6.07, 6.45) is 3.28. The van der Waals surface area contributed by atoms with Gasteiger partial charge in [-0.2, -0.15) is 0 Å². The Balaban J connectivity index is 3.47. The van der Waals surface area contributed by atoms with E-state index in [-0.39, 0.29) is 0 Å². The summed E-state index contributed by atoms with van der Waals surface area (Å²) in [5.41, 5.74) is 1.27. The van der Waals surface area contributed by atoms with Gasteiger partial charge >= 0.3 is 0 Å². The predicted molar refractivity (Wildman–Crippen MR) is 42.3 cm³/mol. The highest BCUT2D eigenvalue weighted by Gasteiger charge is 1.93. The topological polar surface area (TPSA) is 12.0 Å². The molecule has 0 aliphatic carbocycles. The van der Waals surface area contributed by atoms with Gasteiger partial charge in [-0.1, -0.05) is 13.0 Å². The molecule has 1 nitrogen and oxygen atoms in total. The van der Waals surface area contributed by atoms with Crippen LogP contribution >= 0.6 is 0 Å². The lowest BCUT2D eigenvalue weighted by atomic mass is 10.2. The second kappa shape index (κ2) is 4.42. The maximum absolute atomic E-state index is 3.34. The minimum Gasteiger partial charge on any atom is -0.386 e. The van der Waals surface area contributed by atoms with Crippen molar-refractivity contribution in [1.82, 2.24) is 5.32 Å². The zero-order valence-corrected chi connectivity index (χ0v) is 6.86. The SMILES string of the molecule is C/C=C(\C)NC(C)CC. The van der Waals surface area contributed by atoms with E-state index in [9.17, 15) is 0 Å². The van der Waals surface area contributed by atoms with Gasteiger partial charge in [-0.15, -0.1) is 0 Å². The van der Waals surface area contributed by atoms with Crippen LogP contribution < -0.4 is 5.32 Å². The quantitative estimate of drug-likeness (QED) is 0.613. The first-order chi connectivity index (χ1) is 4.20. The van der Waals surface area contributed by atoms with Crippen molar-refractivity contribution in [2.45, 2.75) is 40.2 Å². The van der Waals surface area contributed by atoms with E-state index >= 15 is 0 Å². The van der Waals surface area contributed by atoms with E-state index in [1.807, 2.05) is 6.92 Å². The van der Waals surface area contributed by atoms with E-state index in [2.05, 4.69) is 32.2 Å². The van der Waals surface area contributed by atoms with Gasteiger partial charge in [0.2, 0.25) is 0 Å². The molecule has 0 spiro atoms. The lowest BCUT2D eigenvalue weighted by Gasteiger charge is -2.11. The van der Waals surface area contributed by atoms with E-state index in [0.717, 1.165) is 0 Å². The molecule has 0 aliphatic heterocycles. The molecule has 0 rings (SSSR count). The van der Waals surface area contributed by atoms with Crippen molar-refractivity contribution in [3.8, 4) is 0 Å². The molecule has 0 fully saturated rings. The van der Waals surface area contributed by atoms with Gasteiger partial charge in [0, 0.05) is 11.7 Å². The summed E-state index contributed by atoms with van der Waals surface area (Å²) in [4.78, 5) is 0. The van der Waals surface area contributed by atoms with Crippen LogP contribution in [0.2, 0.25) is 0 Å². The lowest BCUT2D eigenvalue weighted by Crippen LogP contribution is -2.22. The molecule has 0 heterocycles. The molecule has 0 aliphatic rings. The Morgan fingerprint density at radius 3 is 2.56 bits per heavy atom. The van der Waals surface area contributed by atoms with Crippen LogP contribution in [0.1, 0.15) is 34.1 Å². The van der Waals surface area contributed by atoms with Gasteiger partial charge < -0.3 is 5.32 Å². The fraction of sp³-hybridized carbons (Fsp3) is 0.750. The van der Waals surface area contributed by atoms with Gasteiger partial charge in [-0.05, 0) is 27.2 Å². The zero-order valence-electron chi connectivity index (χ0n) is 6.86. The number of hydrogen-bond acceptors (Lipinski definition) is 1. The third kappa shape index (κ3) is 4.07. The van der Waals surface area contributed by atoms with Crippen LogP contribution in [-0.2, 0) is 0 Å². The first-order valence-electron chi connectivity index (χ1n) is 3.60. The fourth-order valence-corrected chi connectivity index (χ4v) is 0.574. The highest BCUT2D eigenvalue weighted by Crippen LogP contribution is 1.92. The van der Waals surface area contributed by atoms with Gasteiger partial charge in [0.1, 0.15) is 0 Å². The monoisotopic (exact) mass is 127 g/mol. The van der Waals surface area contributed by atoms with E-state index < -0.39 is 0 Å². The highest BCUT2D eigenvalue weighted by molar-refractivity contribution is 4.93. The molecule has 1 unspecified atom stereocenters. The zero-order chi connectivity index (χ0) is 7.28. The summed E-state index contributed by atoms with van der Waals surface area (Å²) in [5.74, 6) is 0. The van der Waals surface area contributed by atoms with Crippen molar-refractivity contribution in [1.29, 1.82) is 0 Å². The maximum Gasteiger partial charge on any atom is 0.0227 e. The van der Waals surface area contributed by atoms with E-state index in [1.54, 1.807) is 0 Å². The number of allylic oxidation sites excluding steroid dienone is 2. The number of hydrogen-bond donors (Lipinski definition) is 1. The molecule has 0 aromatic carbocycles. The second-order valence-electron chi connectivity index (χ2n) is 2.43. The third-order valence-corrected chi connectivity index (χ3v) is 1.52. The van der Waals surface area contributed by atoms with Crippen molar-refractivity contribution in [3.63, 3.8) is 0 Å². The molecule has 0 saturated carbocycles. The van der Waals surface area contributed by atoms with Crippen LogP contribution in [0.4, 0.5) is 0 Å². The Morgan fingerprint density at radius 1 is 1.67 bits per heavy atom. The smallest absolute Gasteiger partial charge is 0.0227 e. The Morgan fingerprint density at radius 2 is 2.22 bits per heavy atom. The molecule has 1 atom stereocenters. The van der Waals surface area contributed by atoms with Gasteiger partial charge in [-0.25, -0.2) is 0 Å². The van der Waals surface area contributed by atoms with E-state index in [0.29, 0.717) is 6.04 Å². The summed E-state index contributed by atoms with van der Waals surface area (Å²) >= 11 is 0. The van der Waals surface area contributed by atoms with Crippen molar-refractivity contribution in [2.75, 3.05) is 0 Å². The van der Waals surface area contributed by atoms with Crippen LogP contribution in [0.15, 0.2) is 11.8 Å². The van der Waals surface area contributed by atoms with Crippen LogP contribution in [0.3, 0.4) is 0 Å². The molecular weight excluding hydrogens is 110 g/mol. The number of rotatable bonds is 3. The van der Waals surface area contributed by atoms with Gasteiger partial charge in [0.15, 0.2) is 0 Å².